The van der Waals surface area contributed by atoms with Gasteiger partial charge in [0.25, 0.3) is 0 Å². The lowest BCUT2D eigenvalue weighted by Gasteiger charge is -2.37. The van der Waals surface area contributed by atoms with Crippen molar-refractivity contribution in [3.8, 4) is 0 Å². The molecule has 0 bridgehead atoms. The van der Waals surface area contributed by atoms with Gasteiger partial charge in [0.05, 0.1) is 19.8 Å². The Balaban J connectivity index is 1.92. The fourth-order valence-electron chi connectivity index (χ4n) is 1.06. The highest BCUT2D eigenvalue weighted by atomic mass is 16.5. The van der Waals surface area contributed by atoms with Gasteiger partial charge in [0, 0.05) is 6.04 Å². The summed E-state index contributed by atoms with van der Waals surface area (Å²) < 4.78 is 5.17. The zero-order valence-electron chi connectivity index (χ0n) is 6.42. The van der Waals surface area contributed by atoms with Crippen molar-refractivity contribution >= 4 is 0 Å². The van der Waals surface area contributed by atoms with Crippen molar-refractivity contribution in [2.75, 3.05) is 33.4 Å². The van der Waals surface area contributed by atoms with E-state index < -0.39 is 0 Å². The molecule has 1 atom stereocenters. The Morgan fingerprint density at radius 2 is 2.50 bits per heavy atom. The summed E-state index contributed by atoms with van der Waals surface area (Å²) in [4.78, 5) is 2.26. The molecule has 10 heavy (non-hydrogen) atoms. The third kappa shape index (κ3) is 1.94. The van der Waals surface area contributed by atoms with Gasteiger partial charge in [-0.05, 0) is 20.0 Å². The lowest BCUT2D eigenvalue weighted by Crippen LogP contribution is -2.47. The zero-order chi connectivity index (χ0) is 7.40. The molecule has 0 saturated carbocycles. The van der Waals surface area contributed by atoms with E-state index in [1.165, 1.54) is 13.0 Å². The first kappa shape index (κ1) is 7.98. The molecule has 3 nitrogen and oxygen atoms in total. The number of nitrogens with zero attached hydrogens (tertiary/aromatic N) is 1. The van der Waals surface area contributed by atoms with E-state index in [1.54, 1.807) is 0 Å². The van der Waals surface area contributed by atoms with E-state index in [2.05, 4.69) is 11.9 Å². The molecule has 0 aliphatic carbocycles. The minimum atomic E-state index is 0.135. The molecule has 0 aromatic heterocycles. The Morgan fingerprint density at radius 3 is 2.90 bits per heavy atom. The highest BCUT2D eigenvalue weighted by molar-refractivity contribution is 4.78. The van der Waals surface area contributed by atoms with E-state index in [4.69, 9.17) is 9.84 Å². The number of likely N-dealkylation sites (tertiary alicyclic amines) is 1. The first-order valence-corrected chi connectivity index (χ1v) is 3.73. The minimum absolute atomic E-state index is 0.135. The largest absolute Gasteiger partial charge is 0.394 e. The number of likely N-dealkylation sites (N-methyl/N-ethyl adjacent to an activating group) is 1. The highest BCUT2D eigenvalue weighted by Gasteiger charge is 2.23. The Bertz CT molecular complexity index is 97.6. The first-order chi connectivity index (χ1) is 4.84. The molecule has 0 spiro atoms. The van der Waals surface area contributed by atoms with E-state index in [-0.39, 0.29) is 6.61 Å². The van der Waals surface area contributed by atoms with E-state index in [0.29, 0.717) is 12.6 Å². The van der Waals surface area contributed by atoms with Gasteiger partial charge in [-0.2, -0.15) is 0 Å². The predicted molar refractivity (Wildman–Crippen MR) is 38.9 cm³/mol. The van der Waals surface area contributed by atoms with E-state index in [0.717, 1.165) is 6.61 Å². The highest BCUT2D eigenvalue weighted by Crippen LogP contribution is 2.13. The fourth-order valence-corrected chi connectivity index (χ4v) is 1.06. The molecule has 3 heteroatoms. The van der Waals surface area contributed by atoms with Gasteiger partial charge in [0.1, 0.15) is 0 Å². The molecule has 1 aliphatic heterocycles. The van der Waals surface area contributed by atoms with Gasteiger partial charge in [0.2, 0.25) is 0 Å². The molecule has 1 aliphatic rings. The summed E-state index contributed by atoms with van der Waals surface area (Å²) in [6, 6.07) is 0.603. The Morgan fingerprint density at radius 1 is 1.70 bits per heavy atom. The summed E-state index contributed by atoms with van der Waals surface area (Å²) in [5.74, 6) is 0. The molecule has 1 heterocycles. The molecule has 0 aromatic carbocycles. The van der Waals surface area contributed by atoms with Crippen molar-refractivity contribution in [3.05, 3.63) is 0 Å². The van der Waals surface area contributed by atoms with Crippen molar-refractivity contribution < 1.29 is 9.84 Å². The summed E-state index contributed by atoms with van der Waals surface area (Å²) >= 11 is 0. The summed E-state index contributed by atoms with van der Waals surface area (Å²) in [6.45, 7) is 2.57. The second kappa shape index (κ2) is 3.91. The normalized spacial score (nSPS) is 26.4. The zero-order valence-corrected chi connectivity index (χ0v) is 6.42. The van der Waals surface area contributed by atoms with Crippen LogP contribution in [0, 0.1) is 0 Å². The van der Waals surface area contributed by atoms with Crippen LogP contribution in [0.4, 0.5) is 0 Å². The van der Waals surface area contributed by atoms with Crippen LogP contribution >= 0.6 is 0 Å². The first-order valence-electron chi connectivity index (χ1n) is 3.73. The van der Waals surface area contributed by atoms with E-state index in [1.807, 2.05) is 0 Å². The van der Waals surface area contributed by atoms with Gasteiger partial charge >= 0.3 is 0 Å². The lowest BCUT2D eigenvalue weighted by atomic mass is 10.1. The molecule has 0 aromatic rings. The van der Waals surface area contributed by atoms with Crippen LogP contribution < -0.4 is 0 Å². The average molecular weight is 145 g/mol. The second-order valence-corrected chi connectivity index (χ2v) is 2.72. The molecule has 60 valence electrons. The third-order valence-electron chi connectivity index (χ3n) is 1.98. The molecule has 1 unspecified atom stereocenters. The number of aliphatic hydroxyl groups excluding tert-OH is 1. The molecular weight excluding hydrogens is 130 g/mol. The number of ether oxygens (including phenoxy) is 1. The van der Waals surface area contributed by atoms with Crippen LogP contribution in [0.3, 0.4) is 0 Å². The Kier molecular flexibility index (Phi) is 3.12. The van der Waals surface area contributed by atoms with Gasteiger partial charge in [-0.3, -0.25) is 0 Å². The Hall–Kier alpha value is -0.120. The lowest BCUT2D eigenvalue weighted by molar-refractivity contribution is 0.00931. The van der Waals surface area contributed by atoms with Crippen LogP contribution in [0.5, 0.6) is 0 Å². The van der Waals surface area contributed by atoms with Crippen LogP contribution in [0.2, 0.25) is 0 Å². The van der Waals surface area contributed by atoms with E-state index >= 15 is 0 Å². The molecule has 0 radical (unpaired) electrons. The van der Waals surface area contributed by atoms with Crippen LogP contribution in [0.15, 0.2) is 0 Å². The van der Waals surface area contributed by atoms with Crippen LogP contribution in [0.1, 0.15) is 6.42 Å². The maximum Gasteiger partial charge on any atom is 0.0698 e. The smallest absolute Gasteiger partial charge is 0.0698 e. The van der Waals surface area contributed by atoms with Crippen LogP contribution in [0.25, 0.3) is 0 Å². The topological polar surface area (TPSA) is 32.7 Å². The SMILES string of the molecule is CN1CCC1COCCO. The van der Waals surface area contributed by atoms with Crippen molar-refractivity contribution in [1.29, 1.82) is 0 Å². The number of aliphatic hydroxyl groups is 1. The summed E-state index contributed by atoms with van der Waals surface area (Å²) in [6.07, 6.45) is 1.24. The molecular formula is C7H15NO2. The molecule has 0 amide bonds. The average Bonchev–Trinajstić information content (AvgIpc) is 1.95. The number of rotatable bonds is 4. The van der Waals surface area contributed by atoms with Crippen molar-refractivity contribution in [3.63, 3.8) is 0 Å². The minimum Gasteiger partial charge on any atom is -0.394 e. The maximum atomic E-state index is 8.40. The standard InChI is InChI=1S/C7H15NO2/c1-8-3-2-7(8)6-10-5-4-9/h7,9H,2-6H2,1H3. The van der Waals surface area contributed by atoms with Gasteiger partial charge in [0.15, 0.2) is 0 Å². The quantitative estimate of drug-likeness (QED) is 0.551. The van der Waals surface area contributed by atoms with Crippen LogP contribution in [-0.2, 0) is 4.74 Å². The van der Waals surface area contributed by atoms with Gasteiger partial charge in [-0.15, -0.1) is 0 Å². The molecule has 1 N–H and O–H groups in total. The van der Waals surface area contributed by atoms with Gasteiger partial charge < -0.3 is 14.7 Å². The molecule has 1 rings (SSSR count). The van der Waals surface area contributed by atoms with Gasteiger partial charge in [-0.25, -0.2) is 0 Å². The monoisotopic (exact) mass is 145 g/mol. The van der Waals surface area contributed by atoms with E-state index in [9.17, 15) is 0 Å². The summed E-state index contributed by atoms with van der Waals surface area (Å²) in [5.41, 5.74) is 0. The summed E-state index contributed by atoms with van der Waals surface area (Å²) in [5, 5.41) is 8.40. The van der Waals surface area contributed by atoms with Gasteiger partial charge in [-0.1, -0.05) is 0 Å². The second-order valence-electron chi connectivity index (χ2n) is 2.72. The fraction of sp³-hybridized carbons (Fsp3) is 1.00. The maximum absolute atomic E-state index is 8.40. The molecule has 1 saturated heterocycles. The van der Waals surface area contributed by atoms with Crippen molar-refractivity contribution in [2.24, 2.45) is 0 Å². The third-order valence-corrected chi connectivity index (χ3v) is 1.98. The summed E-state index contributed by atoms with van der Waals surface area (Å²) in [7, 11) is 2.09. The number of hydrogen-bond donors (Lipinski definition) is 1. The van der Waals surface area contributed by atoms with Crippen LogP contribution in [-0.4, -0.2) is 49.5 Å². The van der Waals surface area contributed by atoms with Crippen molar-refractivity contribution in [1.82, 2.24) is 4.90 Å². The van der Waals surface area contributed by atoms with Crippen molar-refractivity contribution in [2.45, 2.75) is 12.5 Å². The Labute approximate surface area is 61.6 Å². The molecule has 1 fully saturated rings. The predicted octanol–water partition coefficient (Wildman–Crippen LogP) is -0.301. The number of hydrogen-bond acceptors (Lipinski definition) is 3.